The zero-order chi connectivity index (χ0) is 10.7. The first-order chi connectivity index (χ1) is 7.24. The largest absolute Gasteiger partial charge is 0.399 e. The van der Waals surface area contributed by atoms with Crippen molar-refractivity contribution in [2.75, 3.05) is 32.0 Å². The van der Waals surface area contributed by atoms with Crippen molar-refractivity contribution < 1.29 is 4.74 Å². The fourth-order valence-corrected chi connectivity index (χ4v) is 2.34. The molecular weight excluding hydrogens is 256 g/mol. The molecule has 0 aliphatic carbocycles. The summed E-state index contributed by atoms with van der Waals surface area (Å²) in [5.41, 5.74) is 7.86. The SMILES string of the molecule is Nc1cc(Br)cc(CN2CCOCC2)c1. The van der Waals surface area contributed by atoms with Crippen LogP contribution in [0.5, 0.6) is 0 Å². The Labute approximate surface area is 98.3 Å². The molecule has 0 bridgehead atoms. The molecule has 0 spiro atoms. The van der Waals surface area contributed by atoms with Crippen molar-refractivity contribution in [1.82, 2.24) is 4.90 Å². The smallest absolute Gasteiger partial charge is 0.0594 e. The van der Waals surface area contributed by atoms with Crippen LogP contribution in [0.15, 0.2) is 22.7 Å². The maximum atomic E-state index is 5.79. The average molecular weight is 271 g/mol. The number of nitrogens with zero attached hydrogens (tertiary/aromatic N) is 1. The lowest BCUT2D eigenvalue weighted by Crippen LogP contribution is -2.35. The van der Waals surface area contributed by atoms with Crippen molar-refractivity contribution in [3.05, 3.63) is 28.2 Å². The topological polar surface area (TPSA) is 38.5 Å². The predicted molar refractivity (Wildman–Crippen MR) is 64.7 cm³/mol. The number of hydrogen-bond donors (Lipinski definition) is 1. The molecule has 4 heteroatoms. The number of rotatable bonds is 2. The molecule has 2 N–H and O–H groups in total. The summed E-state index contributed by atoms with van der Waals surface area (Å²) < 4.78 is 6.36. The van der Waals surface area contributed by atoms with E-state index in [-0.39, 0.29) is 0 Å². The summed E-state index contributed by atoms with van der Waals surface area (Å²) in [6.07, 6.45) is 0. The van der Waals surface area contributed by atoms with Gasteiger partial charge in [0.25, 0.3) is 0 Å². The number of ether oxygens (including phenoxy) is 1. The Balaban J connectivity index is 2.02. The number of nitrogen functional groups attached to an aromatic ring is 1. The van der Waals surface area contributed by atoms with Crippen LogP contribution in [0.4, 0.5) is 5.69 Å². The van der Waals surface area contributed by atoms with Crippen LogP contribution in [0.1, 0.15) is 5.56 Å². The van der Waals surface area contributed by atoms with Crippen LogP contribution in [-0.2, 0) is 11.3 Å². The molecule has 15 heavy (non-hydrogen) atoms. The van der Waals surface area contributed by atoms with Crippen LogP contribution in [0, 0.1) is 0 Å². The van der Waals surface area contributed by atoms with Gasteiger partial charge < -0.3 is 10.5 Å². The second-order valence-electron chi connectivity index (χ2n) is 3.78. The summed E-state index contributed by atoms with van der Waals surface area (Å²) >= 11 is 3.45. The summed E-state index contributed by atoms with van der Waals surface area (Å²) in [5, 5.41) is 0. The van der Waals surface area contributed by atoms with E-state index in [1.807, 2.05) is 12.1 Å². The van der Waals surface area contributed by atoms with E-state index in [2.05, 4.69) is 26.9 Å². The fourth-order valence-electron chi connectivity index (χ4n) is 1.78. The minimum absolute atomic E-state index is 0.813. The highest BCUT2D eigenvalue weighted by Gasteiger charge is 2.10. The lowest BCUT2D eigenvalue weighted by Gasteiger charge is -2.26. The Hall–Kier alpha value is -0.580. The van der Waals surface area contributed by atoms with Crippen molar-refractivity contribution >= 4 is 21.6 Å². The van der Waals surface area contributed by atoms with Crippen LogP contribution < -0.4 is 5.73 Å². The number of halogens is 1. The molecule has 0 saturated carbocycles. The summed E-state index contributed by atoms with van der Waals surface area (Å²) in [4.78, 5) is 2.38. The standard InChI is InChI=1S/C11H15BrN2O/c12-10-5-9(6-11(13)7-10)8-14-1-3-15-4-2-14/h5-7H,1-4,8,13H2. The molecule has 1 fully saturated rings. The maximum Gasteiger partial charge on any atom is 0.0594 e. The molecule has 1 saturated heterocycles. The molecule has 0 atom stereocenters. The predicted octanol–water partition coefficient (Wildman–Crippen LogP) is 1.86. The van der Waals surface area contributed by atoms with Gasteiger partial charge in [-0.15, -0.1) is 0 Å². The quantitative estimate of drug-likeness (QED) is 0.834. The molecule has 0 radical (unpaired) electrons. The van der Waals surface area contributed by atoms with Gasteiger partial charge in [0.1, 0.15) is 0 Å². The molecule has 1 aromatic rings. The van der Waals surface area contributed by atoms with Gasteiger partial charge in [0.05, 0.1) is 13.2 Å². The molecule has 0 aromatic heterocycles. The molecule has 1 aliphatic heterocycles. The van der Waals surface area contributed by atoms with Crippen molar-refractivity contribution in [3.63, 3.8) is 0 Å². The van der Waals surface area contributed by atoms with Crippen molar-refractivity contribution in [2.24, 2.45) is 0 Å². The maximum absolute atomic E-state index is 5.79. The lowest BCUT2D eigenvalue weighted by molar-refractivity contribution is 0.0342. The molecule has 1 aromatic carbocycles. The highest BCUT2D eigenvalue weighted by atomic mass is 79.9. The minimum atomic E-state index is 0.813. The van der Waals surface area contributed by atoms with Crippen molar-refractivity contribution in [2.45, 2.75) is 6.54 Å². The van der Waals surface area contributed by atoms with Gasteiger partial charge in [-0.25, -0.2) is 0 Å². The zero-order valence-electron chi connectivity index (χ0n) is 8.58. The third kappa shape index (κ3) is 3.19. The Morgan fingerprint density at radius 3 is 2.67 bits per heavy atom. The zero-order valence-corrected chi connectivity index (χ0v) is 10.2. The van der Waals surface area contributed by atoms with Crippen molar-refractivity contribution in [3.8, 4) is 0 Å². The van der Waals surface area contributed by atoms with Gasteiger partial charge in [-0.05, 0) is 23.8 Å². The summed E-state index contributed by atoms with van der Waals surface area (Å²) in [6, 6.07) is 6.06. The van der Waals surface area contributed by atoms with E-state index >= 15 is 0 Å². The average Bonchev–Trinajstić information content (AvgIpc) is 2.17. The number of benzene rings is 1. The third-order valence-electron chi connectivity index (χ3n) is 2.49. The lowest BCUT2D eigenvalue weighted by atomic mass is 10.2. The minimum Gasteiger partial charge on any atom is -0.399 e. The molecule has 82 valence electrons. The molecule has 0 amide bonds. The summed E-state index contributed by atoms with van der Waals surface area (Å²) in [6.45, 7) is 4.64. The third-order valence-corrected chi connectivity index (χ3v) is 2.95. The van der Waals surface area contributed by atoms with Crippen molar-refractivity contribution in [1.29, 1.82) is 0 Å². The van der Waals surface area contributed by atoms with Gasteiger partial charge in [0.15, 0.2) is 0 Å². The Morgan fingerprint density at radius 1 is 1.27 bits per heavy atom. The second kappa shape index (κ2) is 4.96. The van der Waals surface area contributed by atoms with E-state index in [1.165, 1.54) is 5.56 Å². The van der Waals surface area contributed by atoms with Crippen LogP contribution in [0.2, 0.25) is 0 Å². The van der Waals surface area contributed by atoms with Crippen LogP contribution >= 0.6 is 15.9 Å². The van der Waals surface area contributed by atoms with E-state index in [1.54, 1.807) is 0 Å². The normalized spacial score (nSPS) is 17.9. The molecule has 2 rings (SSSR count). The Kier molecular flexibility index (Phi) is 3.61. The van der Waals surface area contributed by atoms with Gasteiger partial charge in [-0.3, -0.25) is 4.90 Å². The number of morpholine rings is 1. The second-order valence-corrected chi connectivity index (χ2v) is 4.70. The summed E-state index contributed by atoms with van der Waals surface area (Å²) in [7, 11) is 0. The van der Waals surface area contributed by atoms with E-state index in [0.29, 0.717) is 0 Å². The van der Waals surface area contributed by atoms with Gasteiger partial charge in [0.2, 0.25) is 0 Å². The molecule has 1 aliphatic rings. The monoisotopic (exact) mass is 270 g/mol. The molecule has 3 nitrogen and oxygen atoms in total. The van der Waals surface area contributed by atoms with Gasteiger partial charge in [-0.2, -0.15) is 0 Å². The Bertz CT molecular complexity index is 317. The van der Waals surface area contributed by atoms with Crippen LogP contribution in [0.3, 0.4) is 0 Å². The van der Waals surface area contributed by atoms with E-state index in [4.69, 9.17) is 10.5 Å². The van der Waals surface area contributed by atoms with Gasteiger partial charge in [-0.1, -0.05) is 15.9 Å². The van der Waals surface area contributed by atoms with E-state index in [9.17, 15) is 0 Å². The van der Waals surface area contributed by atoms with E-state index in [0.717, 1.165) is 43.0 Å². The first-order valence-electron chi connectivity index (χ1n) is 5.09. The number of hydrogen-bond acceptors (Lipinski definition) is 3. The van der Waals surface area contributed by atoms with Crippen LogP contribution in [-0.4, -0.2) is 31.2 Å². The highest BCUT2D eigenvalue weighted by Crippen LogP contribution is 2.18. The molecular formula is C11H15BrN2O. The first kappa shape index (κ1) is 10.9. The number of nitrogens with two attached hydrogens (primary N) is 1. The van der Waals surface area contributed by atoms with Gasteiger partial charge in [0, 0.05) is 29.8 Å². The highest BCUT2D eigenvalue weighted by molar-refractivity contribution is 9.10. The molecule has 1 heterocycles. The number of anilines is 1. The van der Waals surface area contributed by atoms with Crippen LogP contribution in [0.25, 0.3) is 0 Å². The Morgan fingerprint density at radius 2 is 2.00 bits per heavy atom. The van der Waals surface area contributed by atoms with E-state index < -0.39 is 0 Å². The fraction of sp³-hybridized carbons (Fsp3) is 0.455. The first-order valence-corrected chi connectivity index (χ1v) is 5.88. The molecule has 0 unspecified atom stereocenters. The summed E-state index contributed by atoms with van der Waals surface area (Å²) in [5.74, 6) is 0. The van der Waals surface area contributed by atoms with Gasteiger partial charge >= 0.3 is 0 Å².